The molecule has 1 aliphatic rings. The van der Waals surface area contributed by atoms with Gasteiger partial charge in [-0.3, -0.25) is 4.79 Å². The average molecular weight is 400 g/mol. The largest absolute Gasteiger partial charge is 0.463 e. The van der Waals surface area contributed by atoms with Crippen molar-refractivity contribution in [1.29, 1.82) is 0 Å². The van der Waals surface area contributed by atoms with Crippen LogP contribution in [-0.4, -0.2) is 38.6 Å². The van der Waals surface area contributed by atoms with Gasteiger partial charge in [0.15, 0.2) is 11.8 Å². The Morgan fingerprint density at radius 2 is 2.00 bits per heavy atom. The van der Waals surface area contributed by atoms with Gasteiger partial charge >= 0.3 is 0 Å². The molecule has 2 aromatic heterocycles. The number of nitrogens with one attached hydrogen (secondary N) is 2. The summed E-state index contributed by atoms with van der Waals surface area (Å²) in [5.41, 5.74) is 0.655. The highest BCUT2D eigenvalue weighted by Crippen LogP contribution is 2.19. The molecule has 3 heterocycles. The van der Waals surface area contributed by atoms with E-state index in [1.54, 1.807) is 12.3 Å². The third-order valence-corrected chi connectivity index (χ3v) is 6.06. The van der Waals surface area contributed by atoms with Crippen LogP contribution in [0.2, 0.25) is 0 Å². The molecule has 0 radical (unpaired) electrons. The van der Waals surface area contributed by atoms with Gasteiger partial charge in [0.2, 0.25) is 0 Å². The van der Waals surface area contributed by atoms with E-state index in [0.29, 0.717) is 17.1 Å². The van der Waals surface area contributed by atoms with E-state index in [1.165, 1.54) is 22.3 Å². The molecule has 1 aromatic carbocycles. The van der Waals surface area contributed by atoms with Crippen LogP contribution in [0.1, 0.15) is 21.5 Å². The lowest BCUT2D eigenvalue weighted by atomic mass is 10.1. The molecule has 0 unspecified atom stereocenters. The summed E-state index contributed by atoms with van der Waals surface area (Å²) < 4.78 is 19.7. The van der Waals surface area contributed by atoms with Crippen LogP contribution in [0.5, 0.6) is 0 Å². The van der Waals surface area contributed by atoms with Crippen molar-refractivity contribution in [3.8, 4) is 0 Å². The molecule has 0 saturated carbocycles. The minimum absolute atomic E-state index is 0.0293. The molecule has 5 nitrogen and oxygen atoms in total. The summed E-state index contributed by atoms with van der Waals surface area (Å²) in [5, 5.41) is 4.93. The third-order valence-electron chi connectivity index (χ3n) is 5.19. The van der Waals surface area contributed by atoms with Gasteiger partial charge in [-0.25, -0.2) is 4.39 Å². The zero-order valence-corrected chi connectivity index (χ0v) is 16.3. The van der Waals surface area contributed by atoms with E-state index in [9.17, 15) is 9.18 Å². The number of hydrogen-bond acceptors (Lipinski definition) is 4. The smallest absolute Gasteiger partial charge is 0.261 e. The Bertz CT molecular complexity index is 890. The predicted octanol–water partition coefficient (Wildman–Crippen LogP) is 2.36. The molecule has 3 aromatic rings. The molecular weight excluding hydrogens is 377 g/mol. The number of benzene rings is 1. The van der Waals surface area contributed by atoms with Crippen LogP contribution in [0.3, 0.4) is 0 Å². The Morgan fingerprint density at radius 1 is 1.18 bits per heavy atom. The Kier molecular flexibility index (Phi) is 5.73. The zero-order chi connectivity index (χ0) is 19.3. The maximum absolute atomic E-state index is 14.1. The molecule has 1 amide bonds. The number of anilines is 1. The molecule has 1 aliphatic heterocycles. The van der Waals surface area contributed by atoms with Crippen molar-refractivity contribution < 1.29 is 18.5 Å². The number of quaternary nitrogens is 1. The van der Waals surface area contributed by atoms with Gasteiger partial charge in [0, 0.05) is 0 Å². The van der Waals surface area contributed by atoms with Gasteiger partial charge in [-0.2, -0.15) is 0 Å². The number of carbonyl (C=O) groups is 1. The van der Waals surface area contributed by atoms with Gasteiger partial charge in [0.1, 0.15) is 5.82 Å². The molecule has 1 saturated heterocycles. The first-order chi connectivity index (χ1) is 13.7. The summed E-state index contributed by atoms with van der Waals surface area (Å²) in [7, 11) is 0. The molecule has 4 rings (SSSR count). The van der Waals surface area contributed by atoms with Crippen LogP contribution < -0.4 is 15.1 Å². The van der Waals surface area contributed by atoms with Gasteiger partial charge in [-0.15, -0.1) is 11.3 Å². The lowest BCUT2D eigenvalue weighted by Crippen LogP contribution is -3.15. The van der Waals surface area contributed by atoms with Crippen molar-refractivity contribution in [1.82, 2.24) is 5.32 Å². The molecule has 0 aliphatic carbocycles. The lowest BCUT2D eigenvalue weighted by molar-refractivity contribution is -0.932. The second kappa shape index (κ2) is 8.58. The topological polar surface area (TPSA) is 49.9 Å². The Balaban J connectivity index is 1.42. The van der Waals surface area contributed by atoms with Gasteiger partial charge in [-0.05, 0) is 35.7 Å². The van der Waals surface area contributed by atoms with E-state index >= 15 is 0 Å². The summed E-state index contributed by atoms with van der Waals surface area (Å²) in [6.45, 7) is 3.70. The molecule has 1 atom stereocenters. The number of carbonyl (C=O) groups excluding carboxylic acids is 1. The highest BCUT2D eigenvalue weighted by Gasteiger charge is 2.31. The van der Waals surface area contributed by atoms with Crippen molar-refractivity contribution in [2.24, 2.45) is 0 Å². The van der Waals surface area contributed by atoms with E-state index in [1.807, 2.05) is 41.8 Å². The number of halogens is 1. The molecule has 0 spiro atoms. The van der Waals surface area contributed by atoms with Gasteiger partial charge in [0.25, 0.3) is 5.91 Å². The summed E-state index contributed by atoms with van der Waals surface area (Å²) in [6, 6.07) is 14.5. The SMILES string of the molecule is O=C(NC[C@H](c1ccco1)[NH+]1CCN(c2ccccc2F)CC1)c1cccs1. The number of rotatable bonds is 6. The van der Waals surface area contributed by atoms with Crippen LogP contribution in [0, 0.1) is 5.82 Å². The van der Waals surface area contributed by atoms with Crippen LogP contribution >= 0.6 is 11.3 Å². The molecule has 0 bridgehead atoms. The van der Waals surface area contributed by atoms with Crippen molar-refractivity contribution in [3.63, 3.8) is 0 Å². The van der Waals surface area contributed by atoms with E-state index in [4.69, 9.17) is 4.42 Å². The van der Waals surface area contributed by atoms with E-state index in [-0.39, 0.29) is 17.8 Å². The lowest BCUT2D eigenvalue weighted by Gasteiger charge is -2.37. The number of thiophene rings is 1. The molecule has 2 N–H and O–H groups in total. The summed E-state index contributed by atoms with van der Waals surface area (Å²) in [5.74, 6) is 0.619. The van der Waals surface area contributed by atoms with Gasteiger partial charge < -0.3 is 19.5 Å². The van der Waals surface area contributed by atoms with Crippen molar-refractivity contribution in [2.75, 3.05) is 37.6 Å². The Hall–Kier alpha value is -2.64. The first-order valence-corrected chi connectivity index (χ1v) is 10.3. The van der Waals surface area contributed by atoms with Crippen molar-refractivity contribution >= 4 is 22.9 Å². The molecular formula is C21H23FN3O2S+. The highest BCUT2D eigenvalue weighted by atomic mass is 32.1. The number of hydrogen-bond donors (Lipinski definition) is 2. The summed E-state index contributed by atoms with van der Waals surface area (Å²) in [6.07, 6.45) is 1.67. The Morgan fingerprint density at radius 3 is 2.68 bits per heavy atom. The molecule has 146 valence electrons. The average Bonchev–Trinajstić information content (AvgIpc) is 3.43. The fourth-order valence-electron chi connectivity index (χ4n) is 3.72. The van der Waals surface area contributed by atoms with E-state index in [2.05, 4.69) is 10.2 Å². The van der Waals surface area contributed by atoms with Gasteiger partial charge in [-0.1, -0.05) is 18.2 Å². The molecule has 7 heteroatoms. The maximum atomic E-state index is 14.1. The van der Waals surface area contributed by atoms with E-state index in [0.717, 1.165) is 31.9 Å². The van der Waals surface area contributed by atoms with Crippen LogP contribution in [0.4, 0.5) is 10.1 Å². The summed E-state index contributed by atoms with van der Waals surface area (Å²) in [4.78, 5) is 16.5. The van der Waals surface area contributed by atoms with Crippen LogP contribution in [0.25, 0.3) is 0 Å². The van der Waals surface area contributed by atoms with Crippen LogP contribution in [0.15, 0.2) is 64.6 Å². The van der Waals surface area contributed by atoms with Crippen molar-refractivity contribution in [2.45, 2.75) is 6.04 Å². The predicted molar refractivity (Wildman–Crippen MR) is 107 cm³/mol. The minimum atomic E-state index is -0.184. The first kappa shape index (κ1) is 18.7. The maximum Gasteiger partial charge on any atom is 0.261 e. The third kappa shape index (κ3) is 4.10. The van der Waals surface area contributed by atoms with Crippen LogP contribution in [-0.2, 0) is 0 Å². The number of furan rings is 1. The second-order valence-corrected chi connectivity index (χ2v) is 7.80. The molecule has 1 fully saturated rings. The minimum Gasteiger partial charge on any atom is -0.463 e. The second-order valence-electron chi connectivity index (χ2n) is 6.85. The first-order valence-electron chi connectivity index (χ1n) is 9.41. The highest BCUT2D eigenvalue weighted by molar-refractivity contribution is 7.12. The Labute approximate surface area is 167 Å². The monoisotopic (exact) mass is 400 g/mol. The van der Waals surface area contributed by atoms with E-state index < -0.39 is 0 Å². The quantitative estimate of drug-likeness (QED) is 0.668. The number of amides is 1. The van der Waals surface area contributed by atoms with Crippen molar-refractivity contribution in [3.05, 3.63) is 76.6 Å². The number of piperazine rings is 1. The standard InChI is InChI=1S/C21H22FN3O2S/c22-16-5-1-2-6-17(16)24-9-11-25(12-10-24)18(19-7-3-13-27-19)15-23-21(26)20-8-4-14-28-20/h1-8,13-14,18H,9-12,15H2,(H,23,26)/p+1/t18-/m1/s1. The number of para-hydroxylation sites is 1. The zero-order valence-electron chi connectivity index (χ0n) is 15.4. The summed E-state index contributed by atoms with van der Waals surface area (Å²) >= 11 is 1.43. The van der Waals surface area contributed by atoms with Gasteiger partial charge in [0.05, 0.1) is 49.6 Å². The normalized spacial score (nSPS) is 16.1. The fourth-order valence-corrected chi connectivity index (χ4v) is 4.36. The number of nitrogens with zero attached hydrogens (tertiary/aromatic N) is 1. The fraction of sp³-hybridized carbons (Fsp3) is 0.286. The molecule has 28 heavy (non-hydrogen) atoms.